The largest absolute Gasteiger partial charge is 0.478 e. The number of rotatable bonds is 6. The van der Waals surface area contributed by atoms with Gasteiger partial charge in [0.15, 0.2) is 0 Å². The van der Waals surface area contributed by atoms with Crippen LogP contribution in [0.15, 0.2) is 36.9 Å². The molecule has 108 valence electrons. The molecule has 0 radical (unpaired) electrons. The Balaban J connectivity index is 2.00. The molecule has 21 heavy (non-hydrogen) atoms. The Kier molecular flexibility index (Phi) is 4.81. The maximum absolute atomic E-state index is 12.1. The third-order valence-electron chi connectivity index (χ3n) is 2.69. The predicted octanol–water partition coefficient (Wildman–Crippen LogP) is 0.875. The smallest absolute Gasteiger partial charge is 0.328 e. The van der Waals surface area contributed by atoms with Gasteiger partial charge in [0, 0.05) is 42.7 Å². The second-order valence-electron chi connectivity index (χ2n) is 4.20. The van der Waals surface area contributed by atoms with Crippen LogP contribution in [0.3, 0.4) is 0 Å². The summed E-state index contributed by atoms with van der Waals surface area (Å²) >= 11 is 0. The number of amides is 1. The molecule has 7 heteroatoms. The molecule has 0 saturated heterocycles. The molecular formula is C14H14N4O3. The van der Waals surface area contributed by atoms with E-state index in [0.717, 1.165) is 11.8 Å². The maximum atomic E-state index is 12.1. The molecule has 1 amide bonds. The van der Waals surface area contributed by atoms with Crippen molar-refractivity contribution in [2.75, 3.05) is 6.54 Å². The van der Waals surface area contributed by atoms with Crippen molar-refractivity contribution in [2.24, 2.45) is 0 Å². The van der Waals surface area contributed by atoms with E-state index in [-0.39, 0.29) is 11.6 Å². The highest BCUT2D eigenvalue weighted by Crippen LogP contribution is 2.07. The molecule has 0 fully saturated rings. The van der Waals surface area contributed by atoms with E-state index in [1.807, 2.05) is 0 Å². The second-order valence-corrected chi connectivity index (χ2v) is 4.20. The molecule has 0 aliphatic rings. The third kappa shape index (κ3) is 4.27. The van der Waals surface area contributed by atoms with Gasteiger partial charge in [-0.25, -0.2) is 9.78 Å². The van der Waals surface area contributed by atoms with Crippen LogP contribution >= 0.6 is 0 Å². The molecule has 0 aliphatic carbocycles. The SMILES string of the molecule is O=C(O)/C=C/c1cccnc1C(=O)NCCc1cnc[nH]1. The number of imidazole rings is 1. The molecule has 2 heterocycles. The van der Waals surface area contributed by atoms with Gasteiger partial charge in [-0.05, 0) is 12.1 Å². The summed E-state index contributed by atoms with van der Waals surface area (Å²) < 4.78 is 0. The standard InChI is InChI=1S/C14H14N4O3/c19-12(20)4-3-10-2-1-6-16-13(10)14(21)17-7-5-11-8-15-9-18-11/h1-4,6,8-9H,5,7H2,(H,15,18)(H,17,21)(H,19,20)/b4-3+. The van der Waals surface area contributed by atoms with E-state index in [2.05, 4.69) is 20.3 Å². The Bertz CT molecular complexity index is 650. The number of carbonyl (C=O) groups excluding carboxylic acids is 1. The first-order valence-electron chi connectivity index (χ1n) is 6.28. The quantitative estimate of drug-likeness (QED) is 0.683. The first kappa shape index (κ1) is 14.4. The Morgan fingerprint density at radius 1 is 1.43 bits per heavy atom. The molecule has 2 aromatic heterocycles. The van der Waals surface area contributed by atoms with Crippen molar-refractivity contribution >= 4 is 18.0 Å². The molecule has 0 saturated carbocycles. The molecule has 0 bridgehead atoms. The zero-order chi connectivity index (χ0) is 15.1. The highest BCUT2D eigenvalue weighted by molar-refractivity contribution is 5.97. The van der Waals surface area contributed by atoms with Crippen molar-refractivity contribution in [3.8, 4) is 0 Å². The minimum absolute atomic E-state index is 0.194. The predicted molar refractivity (Wildman–Crippen MR) is 75.5 cm³/mol. The van der Waals surface area contributed by atoms with Gasteiger partial charge < -0.3 is 15.4 Å². The van der Waals surface area contributed by atoms with Crippen LogP contribution in [0, 0.1) is 0 Å². The molecule has 3 N–H and O–H groups in total. The summed E-state index contributed by atoms with van der Waals surface area (Å²) in [6, 6.07) is 3.28. The highest BCUT2D eigenvalue weighted by atomic mass is 16.4. The van der Waals surface area contributed by atoms with Crippen LogP contribution in [0.1, 0.15) is 21.7 Å². The molecule has 0 atom stereocenters. The molecule has 0 aliphatic heterocycles. The highest BCUT2D eigenvalue weighted by Gasteiger charge is 2.10. The summed E-state index contributed by atoms with van der Waals surface area (Å²) in [5.74, 6) is -1.43. The number of H-pyrrole nitrogens is 1. The van der Waals surface area contributed by atoms with Crippen molar-refractivity contribution in [3.05, 3.63) is 53.9 Å². The Labute approximate surface area is 120 Å². The minimum Gasteiger partial charge on any atom is -0.478 e. The van der Waals surface area contributed by atoms with Crippen LogP contribution < -0.4 is 5.32 Å². The zero-order valence-corrected chi connectivity index (χ0v) is 11.1. The number of nitrogens with zero attached hydrogens (tertiary/aromatic N) is 2. The van der Waals surface area contributed by atoms with E-state index < -0.39 is 5.97 Å². The van der Waals surface area contributed by atoms with Gasteiger partial charge in [-0.15, -0.1) is 0 Å². The van der Waals surface area contributed by atoms with Crippen LogP contribution in [-0.4, -0.2) is 38.5 Å². The summed E-state index contributed by atoms with van der Waals surface area (Å²) in [6.07, 6.45) is 7.69. The normalized spacial score (nSPS) is 10.7. The lowest BCUT2D eigenvalue weighted by Crippen LogP contribution is -2.27. The van der Waals surface area contributed by atoms with Gasteiger partial charge in [0.25, 0.3) is 5.91 Å². The van der Waals surface area contributed by atoms with Gasteiger partial charge in [-0.1, -0.05) is 6.07 Å². The number of nitrogens with one attached hydrogen (secondary N) is 2. The van der Waals surface area contributed by atoms with Gasteiger partial charge in [-0.2, -0.15) is 0 Å². The number of aromatic nitrogens is 3. The van der Waals surface area contributed by atoms with Crippen LogP contribution in [0.25, 0.3) is 6.08 Å². The molecule has 0 aromatic carbocycles. The maximum Gasteiger partial charge on any atom is 0.328 e. The van der Waals surface area contributed by atoms with Gasteiger partial charge >= 0.3 is 5.97 Å². The summed E-state index contributed by atoms with van der Waals surface area (Å²) in [5.41, 5.74) is 1.57. The van der Waals surface area contributed by atoms with Gasteiger partial charge in [0.1, 0.15) is 5.69 Å². The van der Waals surface area contributed by atoms with Crippen molar-refractivity contribution < 1.29 is 14.7 Å². The van der Waals surface area contributed by atoms with Crippen LogP contribution in [0.4, 0.5) is 0 Å². The first-order chi connectivity index (χ1) is 10.2. The zero-order valence-electron chi connectivity index (χ0n) is 11.1. The molecule has 2 rings (SSSR count). The number of pyridine rings is 1. The van der Waals surface area contributed by atoms with Gasteiger partial charge in [0.05, 0.1) is 6.33 Å². The van der Waals surface area contributed by atoms with E-state index >= 15 is 0 Å². The van der Waals surface area contributed by atoms with E-state index in [9.17, 15) is 9.59 Å². The van der Waals surface area contributed by atoms with E-state index in [1.165, 1.54) is 12.3 Å². The number of carbonyl (C=O) groups is 2. The van der Waals surface area contributed by atoms with Crippen molar-refractivity contribution in [3.63, 3.8) is 0 Å². The second kappa shape index (κ2) is 6.99. The molecule has 2 aromatic rings. The summed E-state index contributed by atoms with van der Waals surface area (Å²) in [7, 11) is 0. The Hall–Kier alpha value is -2.96. The fourth-order valence-corrected chi connectivity index (χ4v) is 1.72. The number of carboxylic acids is 1. The number of aromatic amines is 1. The fourth-order valence-electron chi connectivity index (χ4n) is 1.72. The molecule has 0 spiro atoms. The number of carboxylic acid groups (broad SMARTS) is 1. The van der Waals surface area contributed by atoms with Crippen molar-refractivity contribution in [1.82, 2.24) is 20.3 Å². The lowest BCUT2D eigenvalue weighted by Gasteiger charge is -2.06. The Morgan fingerprint density at radius 3 is 3.00 bits per heavy atom. The topological polar surface area (TPSA) is 108 Å². The number of hydrogen-bond donors (Lipinski definition) is 3. The monoisotopic (exact) mass is 286 g/mol. The number of hydrogen-bond acceptors (Lipinski definition) is 4. The van der Waals surface area contributed by atoms with Crippen molar-refractivity contribution in [1.29, 1.82) is 0 Å². The lowest BCUT2D eigenvalue weighted by atomic mass is 10.1. The average Bonchev–Trinajstić information content (AvgIpc) is 2.98. The summed E-state index contributed by atoms with van der Waals surface area (Å²) in [5, 5.41) is 11.4. The van der Waals surface area contributed by atoms with Crippen molar-refractivity contribution in [2.45, 2.75) is 6.42 Å². The lowest BCUT2D eigenvalue weighted by molar-refractivity contribution is -0.131. The van der Waals surface area contributed by atoms with Crippen LogP contribution in [-0.2, 0) is 11.2 Å². The molecular weight excluding hydrogens is 272 g/mol. The van der Waals surface area contributed by atoms with E-state index in [0.29, 0.717) is 18.5 Å². The van der Waals surface area contributed by atoms with E-state index in [4.69, 9.17) is 5.11 Å². The van der Waals surface area contributed by atoms with E-state index in [1.54, 1.807) is 24.7 Å². The first-order valence-corrected chi connectivity index (χ1v) is 6.28. The number of aliphatic carboxylic acids is 1. The fraction of sp³-hybridized carbons (Fsp3) is 0.143. The minimum atomic E-state index is -1.08. The van der Waals surface area contributed by atoms with Gasteiger partial charge in [-0.3, -0.25) is 9.78 Å². The molecule has 0 unspecified atom stereocenters. The summed E-state index contributed by atoms with van der Waals surface area (Å²) in [4.78, 5) is 33.4. The Morgan fingerprint density at radius 2 is 2.29 bits per heavy atom. The third-order valence-corrected chi connectivity index (χ3v) is 2.69. The summed E-state index contributed by atoms with van der Waals surface area (Å²) in [6.45, 7) is 0.430. The average molecular weight is 286 g/mol. The van der Waals surface area contributed by atoms with Crippen LogP contribution in [0.2, 0.25) is 0 Å². The molecule has 7 nitrogen and oxygen atoms in total. The van der Waals surface area contributed by atoms with Crippen LogP contribution in [0.5, 0.6) is 0 Å². The van der Waals surface area contributed by atoms with Gasteiger partial charge in [0.2, 0.25) is 0 Å².